The summed E-state index contributed by atoms with van der Waals surface area (Å²) >= 11 is 6.24. The van der Waals surface area contributed by atoms with Crippen LogP contribution < -0.4 is 19.7 Å². The van der Waals surface area contributed by atoms with Crippen LogP contribution in [0, 0.1) is 0 Å². The number of hydrogen-bond donors (Lipinski definition) is 1. The van der Waals surface area contributed by atoms with Crippen molar-refractivity contribution in [3.05, 3.63) is 47.0 Å². The van der Waals surface area contributed by atoms with E-state index >= 15 is 0 Å². The van der Waals surface area contributed by atoms with Gasteiger partial charge in [0.15, 0.2) is 0 Å². The fourth-order valence-electron chi connectivity index (χ4n) is 3.88. The van der Waals surface area contributed by atoms with E-state index in [0.717, 1.165) is 11.3 Å². The quantitative estimate of drug-likeness (QED) is 0.445. The lowest BCUT2D eigenvalue weighted by atomic mass is 10.1. The summed E-state index contributed by atoms with van der Waals surface area (Å²) in [5.41, 5.74) is 2.10. The SMILES string of the molecule is COc1ccc(N2CCN(C(=O)C(=O)Nc3ccc4c(c3)OC(=O)C4)C[C@H]2C)cc1Cl. The van der Waals surface area contributed by atoms with Gasteiger partial charge in [-0.25, -0.2) is 0 Å². The molecule has 1 N–H and O–H groups in total. The summed E-state index contributed by atoms with van der Waals surface area (Å²) < 4.78 is 10.3. The average molecular weight is 444 g/mol. The molecule has 31 heavy (non-hydrogen) atoms. The number of amides is 2. The first-order chi connectivity index (χ1) is 14.9. The molecule has 2 heterocycles. The molecule has 0 bridgehead atoms. The van der Waals surface area contributed by atoms with Gasteiger partial charge in [-0.15, -0.1) is 0 Å². The first-order valence-corrected chi connectivity index (χ1v) is 10.3. The number of methoxy groups -OCH3 is 1. The van der Waals surface area contributed by atoms with Gasteiger partial charge in [-0.05, 0) is 31.2 Å². The molecule has 0 spiro atoms. The zero-order chi connectivity index (χ0) is 22.1. The summed E-state index contributed by atoms with van der Waals surface area (Å²) in [7, 11) is 1.56. The number of hydrogen-bond acceptors (Lipinski definition) is 6. The predicted molar refractivity (Wildman–Crippen MR) is 116 cm³/mol. The summed E-state index contributed by atoms with van der Waals surface area (Å²) in [6.45, 7) is 3.36. The van der Waals surface area contributed by atoms with E-state index in [0.29, 0.717) is 41.8 Å². The third kappa shape index (κ3) is 4.29. The van der Waals surface area contributed by atoms with Gasteiger partial charge in [-0.2, -0.15) is 0 Å². The number of fused-ring (bicyclic) bond motifs is 1. The van der Waals surface area contributed by atoms with Crippen LogP contribution in [0.5, 0.6) is 11.5 Å². The molecule has 1 fully saturated rings. The summed E-state index contributed by atoms with van der Waals surface area (Å²) in [6, 6.07) is 10.5. The van der Waals surface area contributed by atoms with E-state index in [-0.39, 0.29) is 18.4 Å². The normalized spacial score (nSPS) is 17.8. The Hall–Kier alpha value is -3.26. The number of carbonyl (C=O) groups excluding carboxylic acids is 3. The van der Waals surface area contributed by atoms with Gasteiger partial charge >= 0.3 is 17.8 Å². The molecule has 1 atom stereocenters. The van der Waals surface area contributed by atoms with Gasteiger partial charge in [0.2, 0.25) is 0 Å². The standard InChI is InChI=1S/C22H22ClN3O5/c1-13-12-25(7-8-26(13)16-5-6-18(30-2)17(23)11-16)22(29)21(28)24-15-4-3-14-9-20(27)31-19(14)10-15/h3-6,10-11,13H,7-9,12H2,1-2H3,(H,24,28)/t13-/m1/s1. The van der Waals surface area contributed by atoms with E-state index in [4.69, 9.17) is 21.1 Å². The van der Waals surface area contributed by atoms with Gasteiger partial charge < -0.3 is 24.6 Å². The molecule has 2 aliphatic heterocycles. The van der Waals surface area contributed by atoms with E-state index in [1.807, 2.05) is 25.1 Å². The second-order valence-electron chi connectivity index (χ2n) is 7.54. The summed E-state index contributed by atoms with van der Waals surface area (Å²) in [6.07, 6.45) is 0.212. The number of nitrogens with zero attached hydrogens (tertiary/aromatic N) is 2. The molecule has 0 radical (unpaired) electrons. The Morgan fingerprint density at radius 3 is 2.71 bits per heavy atom. The average Bonchev–Trinajstić information content (AvgIpc) is 3.12. The third-order valence-corrected chi connectivity index (χ3v) is 5.75. The van der Waals surface area contributed by atoms with Gasteiger partial charge in [0, 0.05) is 48.7 Å². The van der Waals surface area contributed by atoms with Crippen LogP contribution in [0.25, 0.3) is 0 Å². The molecule has 9 heteroatoms. The molecule has 2 aliphatic rings. The van der Waals surface area contributed by atoms with Crippen LogP contribution in [0.2, 0.25) is 5.02 Å². The first-order valence-electron chi connectivity index (χ1n) is 9.89. The Bertz CT molecular complexity index is 1060. The number of halogens is 1. The molecule has 4 rings (SSSR count). The summed E-state index contributed by atoms with van der Waals surface area (Å²) in [4.78, 5) is 40.2. The van der Waals surface area contributed by atoms with Crippen molar-refractivity contribution < 1.29 is 23.9 Å². The Labute approximate surface area is 184 Å². The lowest BCUT2D eigenvalue weighted by Gasteiger charge is -2.41. The van der Waals surface area contributed by atoms with Crippen LogP contribution in [-0.4, -0.2) is 55.5 Å². The van der Waals surface area contributed by atoms with Crippen molar-refractivity contribution in [3.8, 4) is 11.5 Å². The molecule has 2 aromatic carbocycles. The highest BCUT2D eigenvalue weighted by atomic mass is 35.5. The fourth-order valence-corrected chi connectivity index (χ4v) is 4.13. The lowest BCUT2D eigenvalue weighted by molar-refractivity contribution is -0.143. The van der Waals surface area contributed by atoms with Gasteiger partial charge in [0.1, 0.15) is 11.5 Å². The number of anilines is 2. The lowest BCUT2D eigenvalue weighted by Crippen LogP contribution is -2.55. The molecule has 2 amide bonds. The zero-order valence-electron chi connectivity index (χ0n) is 17.2. The van der Waals surface area contributed by atoms with E-state index in [1.54, 1.807) is 25.3 Å². The van der Waals surface area contributed by atoms with Gasteiger partial charge in [0.25, 0.3) is 0 Å². The summed E-state index contributed by atoms with van der Waals surface area (Å²) in [5.74, 6) is -0.644. The number of benzene rings is 2. The van der Waals surface area contributed by atoms with Gasteiger partial charge in [0.05, 0.1) is 18.6 Å². The second-order valence-corrected chi connectivity index (χ2v) is 7.95. The van der Waals surface area contributed by atoms with Crippen LogP contribution in [-0.2, 0) is 20.8 Å². The van der Waals surface area contributed by atoms with Crippen molar-refractivity contribution in [1.82, 2.24) is 4.90 Å². The predicted octanol–water partition coefficient (Wildman–Crippen LogP) is 2.49. The minimum Gasteiger partial charge on any atom is -0.495 e. The number of ether oxygens (including phenoxy) is 2. The van der Waals surface area contributed by atoms with E-state index in [9.17, 15) is 14.4 Å². The monoisotopic (exact) mass is 443 g/mol. The van der Waals surface area contributed by atoms with E-state index < -0.39 is 11.8 Å². The van der Waals surface area contributed by atoms with Gasteiger partial charge in [-0.3, -0.25) is 14.4 Å². The number of piperazine rings is 1. The number of rotatable bonds is 3. The molecule has 0 aromatic heterocycles. The van der Waals surface area contributed by atoms with Crippen LogP contribution in [0.1, 0.15) is 12.5 Å². The molecular formula is C22H22ClN3O5. The van der Waals surface area contributed by atoms with Crippen LogP contribution in [0.4, 0.5) is 11.4 Å². The number of nitrogens with one attached hydrogen (secondary N) is 1. The smallest absolute Gasteiger partial charge is 0.315 e. The fraction of sp³-hybridized carbons (Fsp3) is 0.318. The zero-order valence-corrected chi connectivity index (χ0v) is 17.9. The van der Waals surface area contributed by atoms with E-state index in [2.05, 4.69) is 10.2 Å². The first kappa shape index (κ1) is 21.0. The molecule has 0 aliphatic carbocycles. The third-order valence-electron chi connectivity index (χ3n) is 5.46. The topological polar surface area (TPSA) is 88.2 Å². The van der Waals surface area contributed by atoms with Crippen molar-refractivity contribution in [2.45, 2.75) is 19.4 Å². The highest BCUT2D eigenvalue weighted by Gasteiger charge is 2.31. The molecule has 1 saturated heterocycles. The number of esters is 1. The molecule has 0 unspecified atom stereocenters. The van der Waals surface area contributed by atoms with Crippen molar-refractivity contribution in [1.29, 1.82) is 0 Å². The molecule has 2 aromatic rings. The van der Waals surface area contributed by atoms with E-state index in [1.165, 1.54) is 4.90 Å². The maximum absolute atomic E-state index is 12.7. The molecular weight excluding hydrogens is 422 g/mol. The van der Waals surface area contributed by atoms with Crippen molar-refractivity contribution in [3.63, 3.8) is 0 Å². The highest BCUT2D eigenvalue weighted by molar-refractivity contribution is 6.39. The van der Waals surface area contributed by atoms with Gasteiger partial charge in [-0.1, -0.05) is 17.7 Å². The van der Waals surface area contributed by atoms with Crippen molar-refractivity contribution in [2.75, 3.05) is 37.0 Å². The molecule has 162 valence electrons. The Morgan fingerprint density at radius 1 is 1.19 bits per heavy atom. The summed E-state index contributed by atoms with van der Waals surface area (Å²) in [5, 5.41) is 3.11. The van der Waals surface area contributed by atoms with Crippen molar-refractivity contribution in [2.24, 2.45) is 0 Å². The minimum atomic E-state index is -0.725. The van der Waals surface area contributed by atoms with Crippen molar-refractivity contribution >= 4 is 40.8 Å². The molecule has 0 saturated carbocycles. The largest absolute Gasteiger partial charge is 0.495 e. The molecule has 8 nitrogen and oxygen atoms in total. The van der Waals surface area contributed by atoms with Crippen LogP contribution in [0.15, 0.2) is 36.4 Å². The minimum absolute atomic E-state index is 0.00521. The Morgan fingerprint density at radius 2 is 2.00 bits per heavy atom. The Kier molecular flexibility index (Phi) is 5.73. The second kappa shape index (κ2) is 8.47. The Balaban J connectivity index is 1.38. The maximum atomic E-state index is 12.7. The number of carbonyl (C=O) groups is 3. The van der Waals surface area contributed by atoms with Crippen LogP contribution in [0.3, 0.4) is 0 Å². The van der Waals surface area contributed by atoms with Crippen LogP contribution >= 0.6 is 11.6 Å². The highest BCUT2D eigenvalue weighted by Crippen LogP contribution is 2.31. The maximum Gasteiger partial charge on any atom is 0.315 e.